The maximum absolute atomic E-state index is 13.8. The molecule has 1 N–H and O–H groups in total. The van der Waals surface area contributed by atoms with Crippen molar-refractivity contribution < 1.29 is 9.50 Å². The molecule has 1 atom stereocenters. The number of aliphatic hydroxyl groups excluding tert-OH is 1. The topological polar surface area (TPSA) is 20.2 Å². The highest BCUT2D eigenvalue weighted by Crippen LogP contribution is 2.36. The molecule has 2 rings (SSSR count). The van der Waals surface area contributed by atoms with Gasteiger partial charge in [-0.15, -0.1) is 11.3 Å². The van der Waals surface area contributed by atoms with Gasteiger partial charge in [-0.3, -0.25) is 0 Å². The molecule has 0 spiro atoms. The summed E-state index contributed by atoms with van der Waals surface area (Å²) < 4.78 is 14.6. The fraction of sp³-hybridized carbons (Fsp3) is 0.231. The molecule has 0 aliphatic heterocycles. The summed E-state index contributed by atoms with van der Waals surface area (Å²) in [5, 5.41) is 10.2. The van der Waals surface area contributed by atoms with Crippen molar-refractivity contribution in [1.29, 1.82) is 0 Å². The van der Waals surface area contributed by atoms with E-state index >= 15 is 0 Å². The summed E-state index contributed by atoms with van der Waals surface area (Å²) in [5.41, 5.74) is 1.16. The Hall–Kier alpha value is -0.710. The molecule has 1 nitrogen and oxygen atoms in total. The Bertz CT molecular complexity index is 550. The first-order chi connectivity index (χ1) is 7.99. The van der Waals surface area contributed by atoms with E-state index in [0.717, 1.165) is 19.8 Å². The van der Waals surface area contributed by atoms with Crippen LogP contribution in [0.2, 0.25) is 0 Å². The molecule has 0 bridgehead atoms. The fourth-order valence-corrected chi connectivity index (χ4v) is 3.56. The predicted molar refractivity (Wildman–Crippen MR) is 72.0 cm³/mol. The first-order valence-electron chi connectivity index (χ1n) is 5.19. The molecule has 90 valence electrons. The maximum Gasteiger partial charge on any atom is 0.129 e. The molecule has 0 saturated heterocycles. The average Bonchev–Trinajstić information content (AvgIpc) is 2.57. The molecule has 0 aliphatic rings. The van der Waals surface area contributed by atoms with Crippen LogP contribution in [0.4, 0.5) is 4.39 Å². The molecular formula is C13H12BrFOS. The van der Waals surface area contributed by atoms with Crippen LogP contribution >= 0.6 is 27.3 Å². The van der Waals surface area contributed by atoms with Gasteiger partial charge in [0.2, 0.25) is 0 Å². The molecule has 0 fully saturated rings. The zero-order valence-corrected chi connectivity index (χ0v) is 11.9. The summed E-state index contributed by atoms with van der Waals surface area (Å²) >= 11 is 4.85. The van der Waals surface area contributed by atoms with Crippen molar-refractivity contribution in [3.05, 3.63) is 55.4 Å². The maximum atomic E-state index is 13.8. The quantitative estimate of drug-likeness (QED) is 0.873. The monoisotopic (exact) mass is 314 g/mol. The highest BCUT2D eigenvalue weighted by molar-refractivity contribution is 9.10. The van der Waals surface area contributed by atoms with Crippen LogP contribution in [0.5, 0.6) is 0 Å². The number of aryl methyl sites for hydroxylation is 2. The standard InChI is InChI=1S/C13H12BrFOS/c1-7-3-4-9(11(15)5-7)12(16)13-10(14)6-8(2)17-13/h3-6,12,16H,1-2H3. The number of hydrogen-bond acceptors (Lipinski definition) is 2. The number of halogens is 2. The van der Waals surface area contributed by atoms with E-state index in [1.54, 1.807) is 12.1 Å². The Morgan fingerprint density at radius 1 is 1.29 bits per heavy atom. The number of hydrogen-bond donors (Lipinski definition) is 1. The van der Waals surface area contributed by atoms with Crippen molar-refractivity contribution in [2.75, 3.05) is 0 Å². The highest BCUT2D eigenvalue weighted by atomic mass is 79.9. The summed E-state index contributed by atoms with van der Waals surface area (Å²) in [5.74, 6) is -0.365. The minimum Gasteiger partial charge on any atom is -0.383 e. The summed E-state index contributed by atoms with van der Waals surface area (Å²) in [6.07, 6.45) is -0.913. The van der Waals surface area contributed by atoms with E-state index in [1.807, 2.05) is 19.9 Å². The molecule has 1 heterocycles. The van der Waals surface area contributed by atoms with Gasteiger partial charge in [0.1, 0.15) is 11.9 Å². The van der Waals surface area contributed by atoms with Crippen LogP contribution in [0.15, 0.2) is 28.7 Å². The SMILES string of the molecule is Cc1ccc(C(O)c2sc(C)cc2Br)c(F)c1. The molecule has 2 aromatic rings. The minimum absolute atomic E-state index is 0.318. The number of aliphatic hydroxyl groups is 1. The first kappa shape index (κ1) is 12.7. The van der Waals surface area contributed by atoms with Crippen LogP contribution in [0.3, 0.4) is 0 Å². The van der Waals surface area contributed by atoms with Gasteiger partial charge in [0, 0.05) is 14.9 Å². The lowest BCUT2D eigenvalue weighted by Crippen LogP contribution is -2.01. The van der Waals surface area contributed by atoms with Gasteiger partial charge in [-0.1, -0.05) is 12.1 Å². The van der Waals surface area contributed by atoms with Crippen LogP contribution in [-0.2, 0) is 0 Å². The van der Waals surface area contributed by atoms with Crippen molar-refractivity contribution in [1.82, 2.24) is 0 Å². The third kappa shape index (κ3) is 2.59. The Morgan fingerprint density at radius 3 is 2.53 bits per heavy atom. The van der Waals surface area contributed by atoms with Crippen LogP contribution in [0.1, 0.15) is 27.0 Å². The van der Waals surface area contributed by atoms with Gasteiger partial charge in [0.05, 0.1) is 4.88 Å². The zero-order chi connectivity index (χ0) is 12.6. The Labute approximate surface area is 112 Å². The van der Waals surface area contributed by atoms with Crippen molar-refractivity contribution in [3.63, 3.8) is 0 Å². The lowest BCUT2D eigenvalue weighted by molar-refractivity contribution is 0.218. The number of rotatable bonds is 2. The molecule has 0 amide bonds. The van der Waals surface area contributed by atoms with E-state index < -0.39 is 6.10 Å². The van der Waals surface area contributed by atoms with Crippen LogP contribution in [-0.4, -0.2) is 5.11 Å². The third-order valence-corrected chi connectivity index (χ3v) is 4.56. The molecule has 4 heteroatoms. The molecule has 0 saturated carbocycles. The molecule has 0 radical (unpaired) electrons. The normalized spacial score (nSPS) is 12.8. The van der Waals surface area contributed by atoms with E-state index in [4.69, 9.17) is 0 Å². The average molecular weight is 315 g/mol. The van der Waals surface area contributed by atoms with Crippen LogP contribution < -0.4 is 0 Å². The fourth-order valence-electron chi connectivity index (χ4n) is 1.68. The highest BCUT2D eigenvalue weighted by Gasteiger charge is 2.19. The van der Waals surface area contributed by atoms with Gasteiger partial charge in [-0.2, -0.15) is 0 Å². The number of benzene rings is 1. The first-order valence-corrected chi connectivity index (χ1v) is 6.80. The van der Waals surface area contributed by atoms with Crippen LogP contribution in [0.25, 0.3) is 0 Å². The molecule has 1 unspecified atom stereocenters. The van der Waals surface area contributed by atoms with Crippen molar-refractivity contribution >= 4 is 27.3 Å². The summed E-state index contributed by atoms with van der Waals surface area (Å²) in [6.45, 7) is 3.78. The predicted octanol–water partition coefficient (Wildman–Crippen LogP) is 4.35. The molecule has 0 aliphatic carbocycles. The van der Waals surface area contributed by atoms with E-state index in [9.17, 15) is 9.50 Å². The lowest BCUT2D eigenvalue weighted by atomic mass is 10.1. The molecule has 1 aromatic heterocycles. The van der Waals surface area contributed by atoms with Crippen LogP contribution in [0, 0.1) is 19.7 Å². The van der Waals surface area contributed by atoms with Gasteiger partial charge in [-0.25, -0.2) is 4.39 Å². The van der Waals surface area contributed by atoms with Gasteiger partial charge in [0.15, 0.2) is 0 Å². The van der Waals surface area contributed by atoms with Gasteiger partial charge >= 0.3 is 0 Å². The minimum atomic E-state index is -0.913. The lowest BCUT2D eigenvalue weighted by Gasteiger charge is -2.11. The van der Waals surface area contributed by atoms with E-state index in [2.05, 4.69) is 15.9 Å². The molecular weight excluding hydrogens is 303 g/mol. The Kier molecular flexibility index (Phi) is 3.66. The summed E-state index contributed by atoms with van der Waals surface area (Å²) in [6, 6.07) is 6.80. The smallest absolute Gasteiger partial charge is 0.129 e. The van der Waals surface area contributed by atoms with Crippen molar-refractivity contribution in [2.45, 2.75) is 20.0 Å². The van der Waals surface area contributed by atoms with Gasteiger partial charge in [-0.05, 0) is 47.5 Å². The van der Waals surface area contributed by atoms with E-state index in [-0.39, 0.29) is 5.82 Å². The summed E-state index contributed by atoms with van der Waals surface area (Å²) in [4.78, 5) is 1.82. The van der Waals surface area contributed by atoms with E-state index in [1.165, 1.54) is 17.4 Å². The van der Waals surface area contributed by atoms with Crippen molar-refractivity contribution in [2.24, 2.45) is 0 Å². The van der Waals surface area contributed by atoms with E-state index in [0.29, 0.717) is 5.56 Å². The number of thiophene rings is 1. The Balaban J connectivity index is 2.43. The largest absolute Gasteiger partial charge is 0.383 e. The molecule has 1 aromatic carbocycles. The van der Waals surface area contributed by atoms with Crippen molar-refractivity contribution in [3.8, 4) is 0 Å². The van der Waals surface area contributed by atoms with Gasteiger partial charge in [0.25, 0.3) is 0 Å². The Morgan fingerprint density at radius 2 is 2.00 bits per heavy atom. The molecule has 17 heavy (non-hydrogen) atoms. The third-order valence-electron chi connectivity index (χ3n) is 2.54. The van der Waals surface area contributed by atoms with Gasteiger partial charge < -0.3 is 5.11 Å². The zero-order valence-electron chi connectivity index (χ0n) is 9.50. The summed E-state index contributed by atoms with van der Waals surface area (Å²) in [7, 11) is 0. The second-order valence-electron chi connectivity index (χ2n) is 4.00. The second kappa shape index (κ2) is 4.88. The second-order valence-corrected chi connectivity index (χ2v) is 6.14.